The summed E-state index contributed by atoms with van der Waals surface area (Å²) in [5.41, 5.74) is 5.71. The van der Waals surface area contributed by atoms with E-state index in [1.807, 2.05) is 61.7 Å². The average molecular weight is 456 g/mol. The Morgan fingerprint density at radius 1 is 1.12 bits per heavy atom. The number of pyridine rings is 1. The Bertz CT molecular complexity index is 1300. The van der Waals surface area contributed by atoms with Gasteiger partial charge in [0.2, 0.25) is 0 Å². The Morgan fingerprint density at radius 2 is 1.91 bits per heavy atom. The van der Waals surface area contributed by atoms with Gasteiger partial charge in [0, 0.05) is 48.9 Å². The summed E-state index contributed by atoms with van der Waals surface area (Å²) in [6.07, 6.45) is 2.64. The van der Waals surface area contributed by atoms with Crippen LogP contribution >= 0.6 is 0 Å². The van der Waals surface area contributed by atoms with Crippen LogP contribution in [-0.4, -0.2) is 43.8 Å². The van der Waals surface area contributed by atoms with Crippen molar-refractivity contribution < 1.29 is 9.90 Å². The number of amides is 1. The minimum absolute atomic E-state index is 0.0116. The van der Waals surface area contributed by atoms with Gasteiger partial charge in [-0.25, -0.2) is 0 Å². The first kappa shape index (κ1) is 22.3. The van der Waals surface area contributed by atoms with Crippen LogP contribution < -0.4 is 5.32 Å². The number of carbonyl (C=O) groups excluding carboxylic acids is 1. The smallest absolute Gasteiger partial charge is 0.272 e. The summed E-state index contributed by atoms with van der Waals surface area (Å²) in [6.45, 7) is 4.63. The predicted molar refractivity (Wildman–Crippen MR) is 131 cm³/mol. The highest BCUT2D eigenvalue weighted by atomic mass is 16.3. The van der Waals surface area contributed by atoms with Crippen LogP contribution in [0.15, 0.2) is 66.9 Å². The first-order chi connectivity index (χ1) is 16.6. The molecule has 0 radical (unpaired) electrons. The Balaban J connectivity index is 1.40. The van der Waals surface area contributed by atoms with Crippen molar-refractivity contribution in [3.05, 3.63) is 94.9 Å². The van der Waals surface area contributed by atoms with Crippen molar-refractivity contribution >= 4 is 16.8 Å². The first-order valence-electron chi connectivity index (χ1n) is 11.7. The SMILES string of the molecule is CC(NC(=O)c1nn(CCO)c2c1CN(Cc1ccnc3ccccc13)CC2)c1ccccc1. The topological polar surface area (TPSA) is 83.3 Å². The van der Waals surface area contributed by atoms with E-state index in [9.17, 15) is 9.90 Å². The molecule has 1 amide bonds. The van der Waals surface area contributed by atoms with Crippen LogP contribution in [0.3, 0.4) is 0 Å². The first-order valence-corrected chi connectivity index (χ1v) is 11.7. The van der Waals surface area contributed by atoms with Crippen LogP contribution in [0.25, 0.3) is 10.9 Å². The number of para-hydroxylation sites is 1. The van der Waals surface area contributed by atoms with Gasteiger partial charge in [-0.05, 0) is 30.2 Å². The molecule has 0 saturated heterocycles. The van der Waals surface area contributed by atoms with Crippen LogP contribution in [0.2, 0.25) is 0 Å². The molecule has 0 saturated carbocycles. The number of hydrogen-bond acceptors (Lipinski definition) is 5. The molecule has 2 aromatic carbocycles. The third-order valence-corrected chi connectivity index (χ3v) is 6.52. The van der Waals surface area contributed by atoms with E-state index in [4.69, 9.17) is 0 Å². The van der Waals surface area contributed by atoms with Gasteiger partial charge < -0.3 is 10.4 Å². The number of benzene rings is 2. The maximum atomic E-state index is 13.3. The van der Waals surface area contributed by atoms with E-state index < -0.39 is 0 Å². The zero-order chi connectivity index (χ0) is 23.5. The van der Waals surface area contributed by atoms with E-state index in [0.717, 1.165) is 47.2 Å². The van der Waals surface area contributed by atoms with Gasteiger partial charge in [0.05, 0.1) is 24.7 Å². The fourth-order valence-electron chi connectivity index (χ4n) is 4.77. The average Bonchev–Trinajstić information content (AvgIpc) is 3.23. The molecule has 2 N–H and O–H groups in total. The number of carbonyl (C=O) groups is 1. The van der Waals surface area contributed by atoms with Crippen molar-refractivity contribution in [1.82, 2.24) is 25.0 Å². The summed E-state index contributed by atoms with van der Waals surface area (Å²) in [7, 11) is 0. The quantitative estimate of drug-likeness (QED) is 0.446. The second-order valence-electron chi connectivity index (χ2n) is 8.77. The van der Waals surface area contributed by atoms with E-state index in [0.29, 0.717) is 18.8 Å². The van der Waals surface area contributed by atoms with Crippen molar-refractivity contribution in [1.29, 1.82) is 0 Å². The molecule has 5 rings (SSSR count). The minimum Gasteiger partial charge on any atom is -0.394 e. The largest absolute Gasteiger partial charge is 0.394 e. The maximum Gasteiger partial charge on any atom is 0.272 e. The Hall–Kier alpha value is -3.55. The molecule has 0 aliphatic carbocycles. The molecule has 7 heteroatoms. The van der Waals surface area contributed by atoms with E-state index in [1.54, 1.807) is 4.68 Å². The van der Waals surface area contributed by atoms with Crippen LogP contribution in [0, 0.1) is 0 Å². The highest BCUT2D eigenvalue weighted by Gasteiger charge is 2.29. The molecule has 1 unspecified atom stereocenters. The van der Waals surface area contributed by atoms with E-state index in [2.05, 4.69) is 32.4 Å². The van der Waals surface area contributed by atoms with Crippen molar-refractivity contribution in [2.24, 2.45) is 0 Å². The number of nitrogens with one attached hydrogen (secondary N) is 1. The van der Waals surface area contributed by atoms with Gasteiger partial charge in [-0.1, -0.05) is 48.5 Å². The summed E-state index contributed by atoms with van der Waals surface area (Å²) >= 11 is 0. The van der Waals surface area contributed by atoms with Crippen molar-refractivity contribution in [2.75, 3.05) is 13.2 Å². The third kappa shape index (κ3) is 4.44. The molecule has 7 nitrogen and oxygen atoms in total. The van der Waals surface area contributed by atoms with Crippen LogP contribution in [0.5, 0.6) is 0 Å². The lowest BCUT2D eigenvalue weighted by Crippen LogP contribution is -2.33. The second kappa shape index (κ2) is 9.75. The van der Waals surface area contributed by atoms with E-state index >= 15 is 0 Å². The van der Waals surface area contributed by atoms with Gasteiger partial charge >= 0.3 is 0 Å². The lowest BCUT2D eigenvalue weighted by molar-refractivity contribution is 0.0931. The summed E-state index contributed by atoms with van der Waals surface area (Å²) in [4.78, 5) is 20.1. The number of aromatic nitrogens is 3. The Kier molecular flexibility index (Phi) is 6.38. The Labute approximate surface area is 199 Å². The minimum atomic E-state index is -0.180. The molecular formula is C27H29N5O2. The highest BCUT2D eigenvalue weighted by Crippen LogP contribution is 2.26. The third-order valence-electron chi connectivity index (χ3n) is 6.52. The van der Waals surface area contributed by atoms with Crippen molar-refractivity contribution in [3.63, 3.8) is 0 Å². The van der Waals surface area contributed by atoms with Crippen LogP contribution in [-0.2, 0) is 26.1 Å². The monoisotopic (exact) mass is 455 g/mol. The fraction of sp³-hybridized carbons (Fsp3) is 0.296. The fourth-order valence-corrected chi connectivity index (χ4v) is 4.77. The Morgan fingerprint density at radius 3 is 2.74 bits per heavy atom. The molecular weight excluding hydrogens is 426 g/mol. The van der Waals surface area contributed by atoms with Gasteiger partial charge in [-0.3, -0.25) is 19.4 Å². The molecule has 3 heterocycles. The molecule has 2 aromatic heterocycles. The number of aliphatic hydroxyl groups is 1. The zero-order valence-electron chi connectivity index (χ0n) is 19.3. The molecule has 0 spiro atoms. The lowest BCUT2D eigenvalue weighted by Gasteiger charge is -2.28. The molecule has 1 aliphatic heterocycles. The van der Waals surface area contributed by atoms with Gasteiger partial charge in [-0.15, -0.1) is 0 Å². The summed E-state index contributed by atoms with van der Waals surface area (Å²) in [5, 5.41) is 18.4. The molecule has 0 fully saturated rings. The number of hydrogen-bond donors (Lipinski definition) is 2. The number of fused-ring (bicyclic) bond motifs is 2. The van der Waals surface area contributed by atoms with Gasteiger partial charge in [0.25, 0.3) is 5.91 Å². The lowest BCUT2D eigenvalue weighted by atomic mass is 10.0. The normalized spacial score (nSPS) is 14.6. The summed E-state index contributed by atoms with van der Waals surface area (Å²) in [5.74, 6) is -0.180. The number of nitrogens with zero attached hydrogens (tertiary/aromatic N) is 4. The molecule has 34 heavy (non-hydrogen) atoms. The van der Waals surface area contributed by atoms with Gasteiger partial charge in [0.15, 0.2) is 5.69 Å². The second-order valence-corrected chi connectivity index (χ2v) is 8.77. The van der Waals surface area contributed by atoms with Crippen molar-refractivity contribution in [2.45, 2.75) is 39.0 Å². The highest BCUT2D eigenvalue weighted by molar-refractivity contribution is 5.94. The van der Waals surface area contributed by atoms with E-state index in [-0.39, 0.29) is 18.6 Å². The number of rotatable bonds is 7. The molecule has 0 bridgehead atoms. The maximum absolute atomic E-state index is 13.3. The van der Waals surface area contributed by atoms with Gasteiger partial charge in [0.1, 0.15) is 0 Å². The van der Waals surface area contributed by atoms with E-state index in [1.165, 1.54) is 5.56 Å². The molecule has 1 atom stereocenters. The summed E-state index contributed by atoms with van der Waals surface area (Å²) in [6, 6.07) is 20.0. The van der Waals surface area contributed by atoms with Crippen molar-refractivity contribution in [3.8, 4) is 0 Å². The number of aliphatic hydroxyl groups excluding tert-OH is 1. The van der Waals surface area contributed by atoms with Crippen LogP contribution in [0.4, 0.5) is 0 Å². The zero-order valence-corrected chi connectivity index (χ0v) is 19.3. The standard InChI is InChI=1S/C27H29N5O2/c1-19(20-7-3-2-4-8-20)29-27(34)26-23-18-31(14-12-25(23)32(30-26)15-16-33)17-21-11-13-28-24-10-6-5-9-22(21)24/h2-11,13,19,33H,12,14-18H2,1H3,(H,29,34). The summed E-state index contributed by atoms with van der Waals surface area (Å²) < 4.78 is 1.80. The molecule has 174 valence electrons. The van der Waals surface area contributed by atoms with Gasteiger partial charge in [-0.2, -0.15) is 5.10 Å². The molecule has 4 aromatic rings. The van der Waals surface area contributed by atoms with Crippen LogP contribution in [0.1, 0.15) is 45.8 Å². The predicted octanol–water partition coefficient (Wildman–Crippen LogP) is 3.47. The molecule has 1 aliphatic rings.